The highest BCUT2D eigenvalue weighted by Crippen LogP contribution is 2.36. The summed E-state index contributed by atoms with van der Waals surface area (Å²) in [5.74, 6) is 1.08. The Bertz CT molecular complexity index is 833. The number of benzene rings is 2. The van der Waals surface area contributed by atoms with Crippen LogP contribution in [0, 0.1) is 0 Å². The molecule has 6 heteroatoms. The molecule has 0 aliphatic carbocycles. The van der Waals surface area contributed by atoms with Crippen LogP contribution in [0.25, 0.3) is 6.08 Å². The van der Waals surface area contributed by atoms with Crippen molar-refractivity contribution in [2.24, 2.45) is 0 Å². The minimum Gasteiger partial charge on any atom is -0.454 e. The Morgan fingerprint density at radius 1 is 1.09 bits per heavy atom. The fourth-order valence-corrected chi connectivity index (χ4v) is 2.81. The summed E-state index contributed by atoms with van der Waals surface area (Å²) >= 11 is 5.30. The zero-order valence-corrected chi connectivity index (χ0v) is 12.8. The molecule has 2 aliphatic rings. The minimum absolute atomic E-state index is 0.189. The van der Waals surface area contributed by atoms with Crippen LogP contribution in [0.5, 0.6) is 11.5 Å². The van der Waals surface area contributed by atoms with Crippen LogP contribution in [0.2, 0.25) is 0 Å². The second-order valence-electron chi connectivity index (χ2n) is 5.08. The van der Waals surface area contributed by atoms with Gasteiger partial charge in [-0.1, -0.05) is 30.3 Å². The minimum atomic E-state index is -0.197. The standard InChI is InChI=1S/C17H12N2O3S/c20-16-13(8-11-4-2-1-3-5-11)18-17(23)19(16)12-6-7-14-15(9-12)22-10-21-14/h1-9H,10H2,(H,18,23)/b13-8-. The summed E-state index contributed by atoms with van der Waals surface area (Å²) in [5, 5.41) is 3.31. The van der Waals surface area contributed by atoms with E-state index in [1.54, 1.807) is 24.3 Å². The zero-order valence-electron chi connectivity index (χ0n) is 12.0. The van der Waals surface area contributed by atoms with E-state index in [4.69, 9.17) is 21.7 Å². The Balaban J connectivity index is 1.67. The molecule has 23 heavy (non-hydrogen) atoms. The van der Waals surface area contributed by atoms with Crippen LogP contribution in [-0.4, -0.2) is 17.8 Å². The Morgan fingerprint density at radius 3 is 2.70 bits per heavy atom. The topological polar surface area (TPSA) is 50.8 Å². The number of nitrogens with zero attached hydrogens (tertiary/aromatic N) is 1. The lowest BCUT2D eigenvalue weighted by molar-refractivity contribution is -0.113. The average Bonchev–Trinajstić information content (AvgIpc) is 3.13. The molecule has 0 spiro atoms. The van der Waals surface area contributed by atoms with Crippen molar-refractivity contribution < 1.29 is 14.3 Å². The number of hydrogen-bond acceptors (Lipinski definition) is 4. The molecule has 1 amide bonds. The quantitative estimate of drug-likeness (QED) is 0.680. The highest BCUT2D eigenvalue weighted by Gasteiger charge is 2.32. The summed E-state index contributed by atoms with van der Waals surface area (Å²) in [4.78, 5) is 14.1. The molecule has 114 valence electrons. The highest BCUT2D eigenvalue weighted by molar-refractivity contribution is 7.80. The largest absolute Gasteiger partial charge is 0.454 e. The molecule has 4 rings (SSSR count). The van der Waals surface area contributed by atoms with Crippen LogP contribution in [-0.2, 0) is 4.79 Å². The molecule has 0 radical (unpaired) electrons. The molecule has 2 aliphatic heterocycles. The van der Waals surface area contributed by atoms with E-state index < -0.39 is 0 Å². The number of carbonyl (C=O) groups excluding carboxylic acids is 1. The molecule has 0 atom stereocenters. The smallest absolute Gasteiger partial charge is 0.281 e. The molecule has 1 saturated heterocycles. The van der Waals surface area contributed by atoms with Crippen LogP contribution in [0.1, 0.15) is 5.56 Å². The molecule has 2 aromatic rings. The van der Waals surface area contributed by atoms with Crippen molar-refractivity contribution >= 4 is 35.0 Å². The lowest BCUT2D eigenvalue weighted by atomic mass is 10.2. The summed E-state index contributed by atoms with van der Waals surface area (Å²) in [5.41, 5.74) is 2.02. The lowest BCUT2D eigenvalue weighted by Crippen LogP contribution is -2.30. The normalized spacial score (nSPS) is 17.7. The molecule has 2 heterocycles. The SMILES string of the molecule is O=C1/C(=C/c2ccccc2)NC(=S)N1c1ccc2c(c1)OCO2. The van der Waals surface area contributed by atoms with Gasteiger partial charge in [-0.2, -0.15) is 0 Å². The summed E-state index contributed by atoms with van der Waals surface area (Å²) in [6, 6.07) is 14.9. The van der Waals surface area contributed by atoms with E-state index in [1.807, 2.05) is 30.3 Å². The second-order valence-corrected chi connectivity index (χ2v) is 5.46. The monoisotopic (exact) mass is 324 g/mol. The molecule has 2 aromatic carbocycles. The third-order valence-corrected chi connectivity index (χ3v) is 3.89. The molecular weight excluding hydrogens is 312 g/mol. The van der Waals surface area contributed by atoms with Crippen molar-refractivity contribution in [3.05, 3.63) is 59.8 Å². The van der Waals surface area contributed by atoms with E-state index in [0.29, 0.717) is 28.0 Å². The van der Waals surface area contributed by atoms with Crippen LogP contribution in [0.4, 0.5) is 5.69 Å². The van der Waals surface area contributed by atoms with E-state index >= 15 is 0 Å². The van der Waals surface area contributed by atoms with Gasteiger partial charge in [0.2, 0.25) is 6.79 Å². The molecule has 0 saturated carbocycles. The first-order chi connectivity index (χ1) is 11.2. The maximum absolute atomic E-state index is 12.7. The van der Waals surface area contributed by atoms with E-state index in [-0.39, 0.29) is 12.7 Å². The predicted molar refractivity (Wildman–Crippen MR) is 90.2 cm³/mol. The van der Waals surface area contributed by atoms with E-state index in [9.17, 15) is 4.79 Å². The fraction of sp³-hybridized carbons (Fsp3) is 0.0588. The number of fused-ring (bicyclic) bond motifs is 1. The lowest BCUT2D eigenvalue weighted by Gasteiger charge is -2.14. The van der Waals surface area contributed by atoms with E-state index in [1.165, 1.54) is 4.90 Å². The fourth-order valence-electron chi connectivity index (χ4n) is 2.51. The number of anilines is 1. The van der Waals surface area contributed by atoms with Crippen LogP contribution >= 0.6 is 12.2 Å². The highest BCUT2D eigenvalue weighted by atomic mass is 32.1. The number of ether oxygens (including phenoxy) is 2. The van der Waals surface area contributed by atoms with Gasteiger partial charge in [0, 0.05) is 6.07 Å². The van der Waals surface area contributed by atoms with Crippen LogP contribution in [0.3, 0.4) is 0 Å². The van der Waals surface area contributed by atoms with Gasteiger partial charge in [0.25, 0.3) is 5.91 Å². The number of carbonyl (C=O) groups is 1. The first-order valence-electron chi connectivity index (χ1n) is 7.04. The Morgan fingerprint density at radius 2 is 1.87 bits per heavy atom. The second kappa shape index (κ2) is 5.40. The van der Waals surface area contributed by atoms with E-state index in [2.05, 4.69) is 5.32 Å². The van der Waals surface area contributed by atoms with Crippen molar-refractivity contribution in [2.45, 2.75) is 0 Å². The molecular formula is C17H12N2O3S. The van der Waals surface area contributed by atoms with E-state index in [0.717, 1.165) is 5.56 Å². The van der Waals surface area contributed by atoms with Gasteiger partial charge in [0.1, 0.15) is 5.70 Å². The van der Waals surface area contributed by atoms with Crippen molar-refractivity contribution in [1.29, 1.82) is 0 Å². The number of nitrogens with one attached hydrogen (secondary N) is 1. The third kappa shape index (κ3) is 2.43. The first kappa shape index (κ1) is 13.8. The van der Waals surface area contributed by atoms with Gasteiger partial charge in [0.05, 0.1) is 5.69 Å². The summed E-state index contributed by atoms with van der Waals surface area (Å²) in [7, 11) is 0. The molecule has 0 unspecified atom stereocenters. The average molecular weight is 324 g/mol. The van der Waals surface area contributed by atoms with Gasteiger partial charge in [0.15, 0.2) is 16.6 Å². The van der Waals surface area contributed by atoms with Crippen molar-refractivity contribution in [2.75, 3.05) is 11.7 Å². The Labute approximate surface area is 138 Å². The predicted octanol–water partition coefficient (Wildman–Crippen LogP) is 2.68. The summed E-state index contributed by atoms with van der Waals surface area (Å²) in [6.45, 7) is 0.189. The molecule has 5 nitrogen and oxygen atoms in total. The molecule has 1 fully saturated rings. The Kier molecular flexibility index (Phi) is 3.24. The third-order valence-electron chi connectivity index (χ3n) is 3.60. The zero-order chi connectivity index (χ0) is 15.8. The van der Waals surface area contributed by atoms with Crippen LogP contribution in [0.15, 0.2) is 54.2 Å². The van der Waals surface area contributed by atoms with Gasteiger partial charge < -0.3 is 14.8 Å². The van der Waals surface area contributed by atoms with Gasteiger partial charge in [-0.25, -0.2) is 0 Å². The number of hydrogen-bond donors (Lipinski definition) is 1. The first-order valence-corrected chi connectivity index (χ1v) is 7.45. The molecule has 0 bridgehead atoms. The molecule has 1 N–H and O–H groups in total. The van der Waals surface area contributed by atoms with Gasteiger partial charge in [-0.05, 0) is 36.0 Å². The van der Waals surface area contributed by atoms with Gasteiger partial charge in [-0.3, -0.25) is 9.69 Å². The number of amides is 1. The van der Waals surface area contributed by atoms with Gasteiger partial charge in [-0.15, -0.1) is 0 Å². The van der Waals surface area contributed by atoms with Gasteiger partial charge >= 0.3 is 0 Å². The van der Waals surface area contributed by atoms with Crippen molar-refractivity contribution in [3.8, 4) is 11.5 Å². The summed E-state index contributed by atoms with van der Waals surface area (Å²) < 4.78 is 10.6. The van der Waals surface area contributed by atoms with Crippen LogP contribution < -0.4 is 19.7 Å². The number of rotatable bonds is 2. The Hall–Kier alpha value is -2.86. The van der Waals surface area contributed by atoms with Crippen molar-refractivity contribution in [3.63, 3.8) is 0 Å². The number of thiocarbonyl (C=S) groups is 1. The maximum atomic E-state index is 12.7. The van der Waals surface area contributed by atoms with Crippen molar-refractivity contribution in [1.82, 2.24) is 5.32 Å². The molecule has 0 aromatic heterocycles. The summed E-state index contributed by atoms with van der Waals surface area (Å²) in [6.07, 6.45) is 1.78. The maximum Gasteiger partial charge on any atom is 0.281 e.